The molecule has 0 bridgehead atoms. The van der Waals surface area contributed by atoms with Gasteiger partial charge in [-0.25, -0.2) is 4.39 Å². The first kappa shape index (κ1) is 13.3. The molecule has 0 aliphatic heterocycles. The Morgan fingerprint density at radius 3 is 2.94 bits per heavy atom. The zero-order valence-corrected chi connectivity index (χ0v) is 10.7. The van der Waals surface area contributed by atoms with E-state index in [1.54, 1.807) is 24.3 Å². The minimum absolute atomic E-state index is 0.304. The molecule has 98 valence electrons. The number of benzene rings is 1. The van der Waals surface area contributed by atoms with E-state index in [9.17, 15) is 9.50 Å². The lowest BCUT2D eigenvalue weighted by Crippen LogP contribution is -2.45. The van der Waals surface area contributed by atoms with Crippen molar-refractivity contribution in [3.8, 4) is 0 Å². The van der Waals surface area contributed by atoms with E-state index < -0.39 is 11.2 Å². The number of furan rings is 1. The Bertz CT molecular complexity index is 526. The second-order valence-corrected chi connectivity index (χ2v) is 4.64. The van der Waals surface area contributed by atoms with Crippen LogP contribution in [0.15, 0.2) is 34.9 Å². The zero-order valence-electron chi connectivity index (χ0n) is 9.99. The molecule has 2 aromatic rings. The van der Waals surface area contributed by atoms with Crippen LogP contribution in [0.25, 0.3) is 11.0 Å². The van der Waals surface area contributed by atoms with E-state index in [4.69, 9.17) is 16.0 Å². The summed E-state index contributed by atoms with van der Waals surface area (Å²) in [6.07, 6.45) is 1.54. The summed E-state index contributed by atoms with van der Waals surface area (Å²) in [6, 6.07) is 5.76. The Balaban J connectivity index is 2.37. The normalized spacial score (nSPS) is 16.7. The van der Waals surface area contributed by atoms with Crippen molar-refractivity contribution in [3.63, 3.8) is 0 Å². The first-order valence-corrected chi connectivity index (χ1v) is 6.17. The van der Waals surface area contributed by atoms with Crippen LogP contribution in [0.1, 0.15) is 12.5 Å². The highest BCUT2D eigenvalue weighted by atomic mass is 35.5. The summed E-state index contributed by atoms with van der Waals surface area (Å²) in [5, 5.41) is 10.7. The molecule has 0 amide bonds. The molecule has 1 aromatic carbocycles. The molecular weight excluding hydrogens is 257 g/mol. The summed E-state index contributed by atoms with van der Waals surface area (Å²) < 4.78 is 19.8. The SMILES string of the molecule is CCNC(CO)C(F)(Cl)c1ccc2occc2c1. The highest BCUT2D eigenvalue weighted by Crippen LogP contribution is 2.36. The largest absolute Gasteiger partial charge is 0.464 e. The average molecular weight is 272 g/mol. The smallest absolute Gasteiger partial charge is 0.226 e. The number of halogens is 2. The topological polar surface area (TPSA) is 45.4 Å². The number of hydrogen-bond donors (Lipinski definition) is 2. The minimum atomic E-state index is -2.16. The molecule has 18 heavy (non-hydrogen) atoms. The van der Waals surface area contributed by atoms with Gasteiger partial charge in [0.1, 0.15) is 5.58 Å². The summed E-state index contributed by atoms with van der Waals surface area (Å²) >= 11 is 5.95. The quantitative estimate of drug-likeness (QED) is 0.822. The van der Waals surface area contributed by atoms with Crippen LogP contribution in [-0.2, 0) is 5.13 Å². The molecule has 2 atom stereocenters. The number of nitrogens with one attached hydrogen (secondary N) is 1. The van der Waals surface area contributed by atoms with E-state index >= 15 is 0 Å². The third kappa shape index (κ3) is 2.36. The lowest BCUT2D eigenvalue weighted by atomic mass is 10.0. The maximum atomic E-state index is 14.6. The number of aliphatic hydroxyl groups excluding tert-OH is 1. The maximum Gasteiger partial charge on any atom is 0.226 e. The minimum Gasteiger partial charge on any atom is -0.464 e. The van der Waals surface area contributed by atoms with E-state index in [1.165, 1.54) is 6.26 Å². The standard InChI is InChI=1S/C13H15ClFNO2/c1-2-16-12(8-17)13(14,15)10-3-4-11-9(7-10)5-6-18-11/h3-7,12,16-17H,2,8H2,1H3. The van der Waals surface area contributed by atoms with Crippen molar-refractivity contribution in [2.45, 2.75) is 18.1 Å². The molecule has 3 nitrogen and oxygen atoms in total. The molecular formula is C13H15ClFNO2. The molecule has 0 spiro atoms. The lowest BCUT2D eigenvalue weighted by molar-refractivity contribution is 0.135. The van der Waals surface area contributed by atoms with Crippen LogP contribution in [0, 0.1) is 0 Å². The van der Waals surface area contributed by atoms with Gasteiger partial charge in [-0.15, -0.1) is 0 Å². The molecule has 0 aliphatic carbocycles. The predicted molar refractivity (Wildman–Crippen MR) is 69.4 cm³/mol. The monoisotopic (exact) mass is 271 g/mol. The van der Waals surface area contributed by atoms with Gasteiger partial charge in [0.05, 0.1) is 18.9 Å². The lowest BCUT2D eigenvalue weighted by Gasteiger charge is -2.27. The number of rotatable bonds is 5. The van der Waals surface area contributed by atoms with Crippen molar-refractivity contribution in [1.82, 2.24) is 5.32 Å². The highest BCUT2D eigenvalue weighted by molar-refractivity contribution is 6.23. The number of aliphatic hydroxyl groups is 1. The molecule has 1 aromatic heterocycles. The van der Waals surface area contributed by atoms with Crippen LogP contribution in [0.3, 0.4) is 0 Å². The molecule has 2 rings (SSSR count). The molecule has 0 aliphatic rings. The van der Waals surface area contributed by atoms with Gasteiger partial charge < -0.3 is 14.8 Å². The van der Waals surface area contributed by atoms with Crippen molar-refractivity contribution in [3.05, 3.63) is 36.1 Å². The van der Waals surface area contributed by atoms with Crippen LogP contribution < -0.4 is 5.32 Å². The molecule has 1 heterocycles. The van der Waals surface area contributed by atoms with Crippen molar-refractivity contribution in [1.29, 1.82) is 0 Å². The highest BCUT2D eigenvalue weighted by Gasteiger charge is 2.38. The van der Waals surface area contributed by atoms with Crippen molar-refractivity contribution >= 4 is 22.6 Å². The van der Waals surface area contributed by atoms with E-state index in [0.717, 1.165) is 5.39 Å². The van der Waals surface area contributed by atoms with Gasteiger partial charge >= 0.3 is 0 Å². The summed E-state index contributed by atoms with van der Waals surface area (Å²) in [4.78, 5) is 0. The van der Waals surface area contributed by atoms with Gasteiger partial charge in [0, 0.05) is 10.9 Å². The predicted octanol–water partition coefficient (Wildman–Crippen LogP) is 2.76. The Labute approximate surface area is 110 Å². The Morgan fingerprint density at radius 1 is 1.50 bits per heavy atom. The average Bonchev–Trinajstić information content (AvgIpc) is 2.82. The molecule has 0 saturated heterocycles. The van der Waals surface area contributed by atoms with Gasteiger partial charge in [0.2, 0.25) is 5.13 Å². The molecule has 2 unspecified atom stereocenters. The van der Waals surface area contributed by atoms with Gasteiger partial charge in [-0.1, -0.05) is 24.6 Å². The van der Waals surface area contributed by atoms with E-state index in [2.05, 4.69) is 5.32 Å². The van der Waals surface area contributed by atoms with Gasteiger partial charge in [-0.05, 0) is 24.7 Å². The summed E-state index contributed by atoms with van der Waals surface area (Å²) in [5.74, 6) is 0. The van der Waals surface area contributed by atoms with Crippen molar-refractivity contribution in [2.75, 3.05) is 13.2 Å². The second-order valence-electron chi connectivity index (χ2n) is 4.09. The molecule has 0 fully saturated rings. The van der Waals surface area contributed by atoms with Gasteiger partial charge in [-0.2, -0.15) is 0 Å². The van der Waals surface area contributed by atoms with Crippen LogP contribution >= 0.6 is 11.6 Å². The Hall–Kier alpha value is -1.10. The number of hydrogen-bond acceptors (Lipinski definition) is 3. The first-order valence-electron chi connectivity index (χ1n) is 5.79. The molecule has 2 N–H and O–H groups in total. The zero-order chi connectivity index (χ0) is 13.2. The summed E-state index contributed by atoms with van der Waals surface area (Å²) in [5.41, 5.74) is 0.980. The molecule has 0 radical (unpaired) electrons. The van der Waals surface area contributed by atoms with Gasteiger partial charge in [0.25, 0.3) is 0 Å². The van der Waals surface area contributed by atoms with Crippen LogP contribution in [0.4, 0.5) is 4.39 Å². The fourth-order valence-electron chi connectivity index (χ4n) is 1.93. The van der Waals surface area contributed by atoms with E-state index in [0.29, 0.717) is 17.7 Å². The van der Waals surface area contributed by atoms with Gasteiger partial charge in [0.15, 0.2) is 0 Å². The summed E-state index contributed by atoms with van der Waals surface area (Å²) in [6.45, 7) is 1.98. The van der Waals surface area contributed by atoms with E-state index in [-0.39, 0.29) is 6.61 Å². The number of fused-ring (bicyclic) bond motifs is 1. The fraction of sp³-hybridized carbons (Fsp3) is 0.385. The van der Waals surface area contributed by atoms with Gasteiger partial charge in [-0.3, -0.25) is 0 Å². The Morgan fingerprint density at radius 2 is 2.28 bits per heavy atom. The van der Waals surface area contributed by atoms with Crippen LogP contribution in [0.5, 0.6) is 0 Å². The second kappa shape index (κ2) is 5.26. The molecule has 5 heteroatoms. The molecule has 0 saturated carbocycles. The fourth-order valence-corrected chi connectivity index (χ4v) is 2.19. The van der Waals surface area contributed by atoms with Crippen molar-refractivity contribution < 1.29 is 13.9 Å². The number of alkyl halides is 2. The van der Waals surface area contributed by atoms with Crippen LogP contribution in [-0.4, -0.2) is 24.3 Å². The third-order valence-corrected chi connectivity index (χ3v) is 3.39. The van der Waals surface area contributed by atoms with E-state index in [1.807, 2.05) is 6.92 Å². The van der Waals surface area contributed by atoms with Crippen molar-refractivity contribution in [2.24, 2.45) is 0 Å². The first-order chi connectivity index (χ1) is 8.59. The Kier molecular flexibility index (Phi) is 3.90. The maximum absolute atomic E-state index is 14.6. The third-order valence-electron chi connectivity index (χ3n) is 2.91. The summed E-state index contributed by atoms with van der Waals surface area (Å²) in [7, 11) is 0. The number of likely N-dealkylation sites (N-methyl/N-ethyl adjacent to an activating group) is 1. The van der Waals surface area contributed by atoms with Crippen LogP contribution in [0.2, 0.25) is 0 Å².